The number of urea groups is 1. The fraction of sp³-hybridized carbons (Fsp3) is 0.457. The Morgan fingerprint density at radius 2 is 1.80 bits per heavy atom. The van der Waals surface area contributed by atoms with Crippen molar-refractivity contribution in [3.8, 4) is 17.7 Å². The molecule has 0 radical (unpaired) electrons. The number of hydrogen-bond donors (Lipinski definition) is 1. The fourth-order valence-corrected chi connectivity index (χ4v) is 8.66. The zero-order valence-electron chi connectivity index (χ0n) is 28.0. The van der Waals surface area contributed by atoms with Crippen LogP contribution in [0.4, 0.5) is 10.5 Å². The van der Waals surface area contributed by atoms with Crippen LogP contribution < -0.4 is 19.7 Å². The maximum Gasteiger partial charge on any atom is 0.318 e. The molecule has 1 aromatic carbocycles. The molecule has 5 heterocycles. The summed E-state index contributed by atoms with van der Waals surface area (Å²) < 4.78 is 42.8. The summed E-state index contributed by atoms with van der Waals surface area (Å²) in [5.41, 5.74) is -1.33. The topological polar surface area (TPSA) is 158 Å². The summed E-state index contributed by atoms with van der Waals surface area (Å²) in [5.74, 6) is -1.30. The van der Waals surface area contributed by atoms with E-state index in [-0.39, 0.29) is 39.6 Å². The van der Waals surface area contributed by atoms with Gasteiger partial charge in [-0.05, 0) is 55.5 Å². The van der Waals surface area contributed by atoms with Gasteiger partial charge in [0.2, 0.25) is 16.2 Å². The number of benzene rings is 1. The highest BCUT2D eigenvalue weighted by Gasteiger charge is 2.65. The average Bonchev–Trinajstić information content (AvgIpc) is 3.34. The molecule has 14 nitrogen and oxygen atoms in total. The second-order valence-electron chi connectivity index (χ2n) is 13.2. The molecule has 1 aliphatic carbocycles. The molecule has 1 aromatic heterocycles. The van der Waals surface area contributed by atoms with E-state index in [1.165, 1.54) is 24.3 Å². The highest BCUT2D eigenvalue weighted by Crippen LogP contribution is 2.52. The lowest BCUT2D eigenvalue weighted by molar-refractivity contribution is -0.124. The summed E-state index contributed by atoms with van der Waals surface area (Å²) in [7, 11) is -1.42. The Hall–Kier alpha value is -4.75. The van der Waals surface area contributed by atoms with Gasteiger partial charge in [-0.2, -0.15) is 13.7 Å². The van der Waals surface area contributed by atoms with Gasteiger partial charge in [0, 0.05) is 75.4 Å². The van der Waals surface area contributed by atoms with E-state index in [1.807, 2.05) is 6.07 Å². The van der Waals surface area contributed by atoms with Crippen molar-refractivity contribution in [3.05, 3.63) is 71.6 Å². The number of fused-ring (bicyclic) bond motifs is 1. The van der Waals surface area contributed by atoms with Crippen molar-refractivity contribution in [1.29, 1.82) is 5.26 Å². The lowest BCUT2D eigenvalue weighted by atomic mass is 9.72. The highest BCUT2D eigenvalue weighted by molar-refractivity contribution is 7.73. The molecule has 0 saturated carbocycles. The summed E-state index contributed by atoms with van der Waals surface area (Å²) in [6, 6.07) is 11.4. The number of rotatable bonds is 9. The summed E-state index contributed by atoms with van der Waals surface area (Å²) in [5, 5.41) is 13.1. The van der Waals surface area contributed by atoms with Crippen LogP contribution in [-0.2, 0) is 25.4 Å². The number of ether oxygens (including phenoxy) is 3. The van der Waals surface area contributed by atoms with Crippen LogP contribution in [0.5, 0.6) is 11.6 Å². The largest absolute Gasteiger partial charge is 0.497 e. The lowest BCUT2D eigenvalue weighted by Gasteiger charge is -2.60. The number of pyridine rings is 1. The SMILES string of the molecule is CCOc1ncccc1[C@]1(NC(=O)N2CC3(CN(CCN4CCOCC4)C3)C2)C(=O)N(c2ccc(OC)cc2)C2=CC=C(C#N)C(=S(=O)=O)C21. The first-order valence-corrected chi connectivity index (χ1v) is 17.8. The molecular formula is C35H39N7O7S. The first-order chi connectivity index (χ1) is 24.2. The number of morpholine rings is 1. The minimum Gasteiger partial charge on any atom is -0.497 e. The zero-order chi connectivity index (χ0) is 35.0. The van der Waals surface area contributed by atoms with Crippen LogP contribution in [0, 0.1) is 22.7 Å². The van der Waals surface area contributed by atoms with Gasteiger partial charge in [-0.15, -0.1) is 0 Å². The number of aromatic nitrogens is 1. The summed E-state index contributed by atoms with van der Waals surface area (Å²) in [6.07, 6.45) is 4.44. The standard InChI is InChI=1S/C35H39N7O7S/c1-3-49-31-27(5-4-12-37-31)35(38-33(44)41-22-34(23-41)20-40(21-34)14-13-39-15-17-48-18-16-39)29-28(11-6-24(19-36)30(29)50(45)46)42(32(35)43)25-7-9-26(47-2)10-8-25/h4-12,29H,3,13-18,20-23H2,1-2H3,(H,38,44)/t29?,35-/m1/s1. The number of likely N-dealkylation sites (tertiary alicyclic amines) is 2. The van der Waals surface area contributed by atoms with Crippen molar-refractivity contribution in [1.82, 2.24) is 25.0 Å². The molecule has 4 fully saturated rings. The number of methoxy groups -OCH3 is 1. The van der Waals surface area contributed by atoms with Gasteiger partial charge in [-0.3, -0.25) is 14.6 Å². The minimum absolute atomic E-state index is 0.0322. The predicted molar refractivity (Wildman–Crippen MR) is 183 cm³/mol. The van der Waals surface area contributed by atoms with Gasteiger partial charge in [-0.1, -0.05) is 0 Å². The number of nitrogens with one attached hydrogen (secondary N) is 1. The minimum atomic E-state index is -2.95. The third-order valence-electron chi connectivity index (χ3n) is 10.2. The molecule has 3 amide bonds. The van der Waals surface area contributed by atoms with E-state index in [0.29, 0.717) is 24.5 Å². The molecule has 1 unspecified atom stereocenters. The molecule has 7 rings (SSSR count). The third-order valence-corrected chi connectivity index (χ3v) is 11.0. The Balaban J connectivity index is 1.23. The van der Waals surface area contributed by atoms with Crippen LogP contribution in [0.3, 0.4) is 0 Å². The van der Waals surface area contributed by atoms with Gasteiger partial charge in [0.15, 0.2) is 5.54 Å². The Morgan fingerprint density at radius 3 is 2.46 bits per heavy atom. The van der Waals surface area contributed by atoms with Gasteiger partial charge in [-0.25, -0.2) is 9.78 Å². The molecule has 2 aromatic rings. The van der Waals surface area contributed by atoms with Crippen molar-refractivity contribution < 1.29 is 32.2 Å². The maximum absolute atomic E-state index is 15.2. The number of nitrogens with zero attached hydrogens (tertiary/aromatic N) is 6. The molecule has 4 saturated heterocycles. The highest BCUT2D eigenvalue weighted by atomic mass is 32.2. The number of hydrogen-bond acceptors (Lipinski definition) is 11. The lowest BCUT2D eigenvalue weighted by Crippen LogP contribution is -2.75. The van der Waals surface area contributed by atoms with Crippen LogP contribution in [0.25, 0.3) is 0 Å². The van der Waals surface area contributed by atoms with Crippen molar-refractivity contribution in [2.45, 2.75) is 12.5 Å². The van der Waals surface area contributed by atoms with Crippen LogP contribution in [0.2, 0.25) is 0 Å². The van der Waals surface area contributed by atoms with Crippen molar-refractivity contribution in [2.75, 3.05) is 84.2 Å². The molecule has 262 valence electrons. The molecule has 15 heteroatoms. The van der Waals surface area contributed by atoms with Gasteiger partial charge in [0.25, 0.3) is 5.91 Å². The Kier molecular flexibility index (Phi) is 9.12. The zero-order valence-corrected chi connectivity index (χ0v) is 28.8. The summed E-state index contributed by atoms with van der Waals surface area (Å²) in [4.78, 5) is 41.4. The van der Waals surface area contributed by atoms with Gasteiger partial charge in [0.05, 0.1) is 44.0 Å². The maximum atomic E-state index is 15.2. The number of carbonyl (C=O) groups is 2. The number of amides is 3. The Morgan fingerprint density at radius 1 is 1.08 bits per heavy atom. The van der Waals surface area contributed by atoms with Gasteiger partial charge < -0.3 is 29.3 Å². The molecule has 50 heavy (non-hydrogen) atoms. The third kappa shape index (κ3) is 5.71. The first-order valence-electron chi connectivity index (χ1n) is 16.7. The summed E-state index contributed by atoms with van der Waals surface area (Å²) >= 11 is 0. The molecule has 2 atom stereocenters. The number of carbonyl (C=O) groups excluding carboxylic acids is 2. The molecule has 0 bridgehead atoms. The molecule has 1 spiro atoms. The summed E-state index contributed by atoms with van der Waals surface area (Å²) in [6.45, 7) is 10.00. The van der Waals surface area contributed by atoms with Crippen molar-refractivity contribution >= 4 is 32.8 Å². The van der Waals surface area contributed by atoms with Gasteiger partial charge >= 0.3 is 6.03 Å². The fourth-order valence-electron chi connectivity index (χ4n) is 7.88. The van der Waals surface area contributed by atoms with Crippen LogP contribution in [0.1, 0.15) is 12.5 Å². The van der Waals surface area contributed by atoms with Crippen LogP contribution in [0.15, 0.2) is 66.0 Å². The van der Waals surface area contributed by atoms with E-state index in [4.69, 9.17) is 14.2 Å². The smallest absolute Gasteiger partial charge is 0.318 e. The Labute approximate surface area is 292 Å². The van der Waals surface area contributed by atoms with E-state index in [9.17, 15) is 18.5 Å². The Bertz CT molecular complexity index is 1910. The number of allylic oxidation sites excluding steroid dienone is 3. The van der Waals surface area contributed by atoms with E-state index in [1.54, 1.807) is 54.3 Å². The van der Waals surface area contributed by atoms with Crippen LogP contribution in [-0.4, -0.2) is 124 Å². The first kappa shape index (κ1) is 33.7. The second kappa shape index (κ2) is 13.5. The van der Waals surface area contributed by atoms with Crippen molar-refractivity contribution in [2.24, 2.45) is 11.3 Å². The van der Waals surface area contributed by atoms with E-state index in [2.05, 4.69) is 20.1 Å². The number of nitriles is 1. The van der Waals surface area contributed by atoms with E-state index in [0.717, 1.165) is 52.5 Å². The van der Waals surface area contributed by atoms with E-state index >= 15 is 4.79 Å². The van der Waals surface area contributed by atoms with Gasteiger partial charge in [0.1, 0.15) is 16.7 Å². The monoisotopic (exact) mass is 701 g/mol. The quantitative estimate of drug-likeness (QED) is 0.377. The predicted octanol–water partition coefficient (Wildman–Crippen LogP) is 1.41. The molecule has 4 aliphatic heterocycles. The second-order valence-corrected chi connectivity index (χ2v) is 14.1. The number of anilines is 1. The molecular weight excluding hydrogens is 662 g/mol. The molecule has 1 N–H and O–H groups in total. The van der Waals surface area contributed by atoms with E-state index < -0.39 is 33.7 Å². The average molecular weight is 702 g/mol. The van der Waals surface area contributed by atoms with Crippen LogP contribution >= 0.6 is 0 Å². The van der Waals surface area contributed by atoms with Crippen molar-refractivity contribution in [3.63, 3.8) is 0 Å². The normalized spacial score (nSPS) is 24.4. The molecule has 5 aliphatic rings.